The monoisotopic (exact) mass is 298 g/mol. The second kappa shape index (κ2) is 7.09. The maximum atomic E-state index is 11.5. The van der Waals surface area contributed by atoms with Gasteiger partial charge in [-0.05, 0) is 39.7 Å². The minimum absolute atomic E-state index is 0.168. The van der Waals surface area contributed by atoms with E-state index in [2.05, 4.69) is 22.7 Å². The minimum atomic E-state index is 0.168. The van der Waals surface area contributed by atoms with Gasteiger partial charge in [-0.2, -0.15) is 5.10 Å². The molecule has 1 fully saturated rings. The van der Waals surface area contributed by atoms with Crippen LogP contribution in [0.5, 0.6) is 0 Å². The van der Waals surface area contributed by atoms with E-state index in [1.807, 2.05) is 11.6 Å². The number of carbonyl (C=O) groups excluding carboxylic acids is 1. The van der Waals surface area contributed by atoms with Crippen molar-refractivity contribution in [1.29, 1.82) is 0 Å². The Hall–Kier alpha value is -1.07. The van der Waals surface area contributed by atoms with Gasteiger partial charge in [0.2, 0.25) is 5.91 Å². The summed E-state index contributed by atoms with van der Waals surface area (Å²) in [5.74, 6) is 0.168. The number of carbonyl (C=O) groups is 1. The molecule has 1 aromatic heterocycles. The Balaban J connectivity index is 1.66. The molecule has 0 atom stereocenters. The topological polar surface area (TPSA) is 59.0 Å². The van der Waals surface area contributed by atoms with E-state index < -0.39 is 0 Å². The van der Waals surface area contributed by atoms with Crippen molar-refractivity contribution in [3.05, 3.63) is 16.4 Å². The molecule has 5 nitrogen and oxygen atoms in total. The molecule has 2 rings (SSSR count). The summed E-state index contributed by atoms with van der Waals surface area (Å²) in [5, 5.41) is 11.4. The average Bonchev–Trinajstić information content (AvgIpc) is 3.18. The van der Waals surface area contributed by atoms with Crippen molar-refractivity contribution >= 4 is 17.5 Å². The zero-order valence-electron chi connectivity index (χ0n) is 12.2. The minimum Gasteiger partial charge on any atom is -0.353 e. The quantitative estimate of drug-likeness (QED) is 0.722. The Morgan fingerprint density at radius 2 is 2.25 bits per heavy atom. The largest absolute Gasteiger partial charge is 0.353 e. The summed E-state index contributed by atoms with van der Waals surface area (Å²) in [6, 6.07) is 0.455. The van der Waals surface area contributed by atoms with Crippen molar-refractivity contribution < 1.29 is 4.79 Å². The van der Waals surface area contributed by atoms with E-state index in [1.165, 1.54) is 0 Å². The molecule has 112 valence electrons. The van der Waals surface area contributed by atoms with E-state index in [1.54, 1.807) is 0 Å². The molecule has 0 saturated heterocycles. The molecule has 0 unspecified atom stereocenters. The lowest BCUT2D eigenvalue weighted by Gasteiger charge is -2.07. The molecule has 1 aromatic rings. The van der Waals surface area contributed by atoms with Gasteiger partial charge in [0.15, 0.2) is 0 Å². The molecule has 0 bridgehead atoms. The SMILES string of the molecule is CCn1nc(C)c(Cl)c1CNCCCC(=O)NC1CC1. The van der Waals surface area contributed by atoms with Crippen LogP contribution in [0.25, 0.3) is 0 Å². The van der Waals surface area contributed by atoms with Crippen molar-refractivity contribution in [2.45, 2.75) is 58.7 Å². The molecule has 0 spiro atoms. The van der Waals surface area contributed by atoms with E-state index in [9.17, 15) is 4.79 Å². The zero-order valence-corrected chi connectivity index (χ0v) is 13.0. The first-order chi connectivity index (χ1) is 9.61. The number of nitrogens with one attached hydrogen (secondary N) is 2. The molecule has 0 aromatic carbocycles. The zero-order chi connectivity index (χ0) is 14.5. The van der Waals surface area contributed by atoms with Crippen molar-refractivity contribution in [2.75, 3.05) is 6.54 Å². The Bertz CT molecular complexity index is 468. The van der Waals surface area contributed by atoms with E-state index in [0.29, 0.717) is 19.0 Å². The second-order valence-electron chi connectivity index (χ2n) is 5.28. The molecule has 1 aliphatic carbocycles. The molecule has 20 heavy (non-hydrogen) atoms. The predicted molar refractivity (Wildman–Crippen MR) is 79.8 cm³/mol. The van der Waals surface area contributed by atoms with Gasteiger partial charge in [0.1, 0.15) is 0 Å². The standard InChI is InChI=1S/C14H23ClN4O/c1-3-19-12(14(15)10(2)18-19)9-16-8-4-5-13(20)17-11-6-7-11/h11,16H,3-9H2,1-2H3,(H,17,20). The second-order valence-corrected chi connectivity index (χ2v) is 5.66. The molecule has 0 radical (unpaired) electrons. The number of halogens is 1. The first-order valence-corrected chi connectivity index (χ1v) is 7.71. The third-order valence-corrected chi connectivity index (χ3v) is 3.94. The number of amides is 1. The summed E-state index contributed by atoms with van der Waals surface area (Å²) in [4.78, 5) is 11.5. The number of rotatable bonds is 8. The lowest BCUT2D eigenvalue weighted by atomic mass is 10.3. The summed E-state index contributed by atoms with van der Waals surface area (Å²) < 4.78 is 1.92. The van der Waals surface area contributed by atoms with Crippen LogP contribution in [0.3, 0.4) is 0 Å². The van der Waals surface area contributed by atoms with Crippen LogP contribution in [-0.2, 0) is 17.9 Å². The smallest absolute Gasteiger partial charge is 0.220 e. The Kier molecular flexibility index (Phi) is 5.43. The highest BCUT2D eigenvalue weighted by Gasteiger charge is 2.22. The van der Waals surface area contributed by atoms with Crippen molar-refractivity contribution in [2.24, 2.45) is 0 Å². The summed E-state index contributed by atoms with van der Waals surface area (Å²) >= 11 is 6.23. The Morgan fingerprint density at radius 1 is 1.50 bits per heavy atom. The number of aromatic nitrogens is 2. The van der Waals surface area contributed by atoms with Crippen LogP contribution < -0.4 is 10.6 Å². The average molecular weight is 299 g/mol. The molecule has 1 amide bonds. The molecule has 1 aliphatic rings. The highest BCUT2D eigenvalue weighted by molar-refractivity contribution is 6.31. The van der Waals surface area contributed by atoms with Crippen molar-refractivity contribution in [3.8, 4) is 0 Å². The van der Waals surface area contributed by atoms with Crippen LogP contribution in [0, 0.1) is 6.92 Å². The van der Waals surface area contributed by atoms with E-state index >= 15 is 0 Å². The summed E-state index contributed by atoms with van der Waals surface area (Å²) in [7, 11) is 0. The highest BCUT2D eigenvalue weighted by Crippen LogP contribution is 2.20. The lowest BCUT2D eigenvalue weighted by molar-refractivity contribution is -0.121. The van der Waals surface area contributed by atoms with E-state index in [0.717, 1.165) is 48.8 Å². The molecule has 1 saturated carbocycles. The van der Waals surface area contributed by atoms with Gasteiger partial charge in [0.05, 0.1) is 16.4 Å². The van der Waals surface area contributed by atoms with Crippen LogP contribution in [0.15, 0.2) is 0 Å². The van der Waals surface area contributed by atoms with Gasteiger partial charge in [0, 0.05) is 25.6 Å². The van der Waals surface area contributed by atoms with Gasteiger partial charge in [-0.25, -0.2) is 0 Å². The first-order valence-electron chi connectivity index (χ1n) is 7.33. The third kappa shape index (κ3) is 4.21. The summed E-state index contributed by atoms with van der Waals surface area (Å²) in [6.07, 6.45) is 3.71. The van der Waals surface area contributed by atoms with E-state index in [4.69, 9.17) is 11.6 Å². The van der Waals surface area contributed by atoms with Gasteiger partial charge in [-0.15, -0.1) is 0 Å². The maximum absolute atomic E-state index is 11.5. The van der Waals surface area contributed by atoms with Gasteiger partial charge in [-0.1, -0.05) is 11.6 Å². The number of aryl methyl sites for hydroxylation is 2. The third-order valence-electron chi connectivity index (χ3n) is 3.45. The van der Waals surface area contributed by atoms with E-state index in [-0.39, 0.29) is 5.91 Å². The number of hydrogen-bond acceptors (Lipinski definition) is 3. The van der Waals surface area contributed by atoms with Crippen LogP contribution in [-0.4, -0.2) is 28.3 Å². The first kappa shape index (κ1) is 15.3. The Labute approximate surface area is 125 Å². The molecular formula is C14H23ClN4O. The fourth-order valence-corrected chi connectivity index (χ4v) is 2.35. The highest BCUT2D eigenvalue weighted by atomic mass is 35.5. The van der Waals surface area contributed by atoms with Gasteiger partial charge >= 0.3 is 0 Å². The molecule has 1 heterocycles. The summed E-state index contributed by atoms with van der Waals surface area (Å²) in [5.41, 5.74) is 1.89. The van der Waals surface area contributed by atoms with Crippen molar-refractivity contribution in [1.82, 2.24) is 20.4 Å². The van der Waals surface area contributed by atoms with Gasteiger partial charge in [0.25, 0.3) is 0 Å². The maximum Gasteiger partial charge on any atom is 0.220 e. The van der Waals surface area contributed by atoms with Crippen LogP contribution in [0.4, 0.5) is 0 Å². The predicted octanol–water partition coefficient (Wildman–Crippen LogP) is 2.01. The fourth-order valence-electron chi connectivity index (χ4n) is 2.15. The molecular weight excluding hydrogens is 276 g/mol. The number of hydrogen-bond donors (Lipinski definition) is 2. The summed E-state index contributed by atoms with van der Waals surface area (Å²) in [6.45, 7) is 6.28. The van der Waals surface area contributed by atoms with Gasteiger partial charge < -0.3 is 10.6 Å². The number of nitrogens with zero attached hydrogens (tertiary/aromatic N) is 2. The van der Waals surface area contributed by atoms with Crippen molar-refractivity contribution in [3.63, 3.8) is 0 Å². The molecule has 6 heteroatoms. The molecule has 0 aliphatic heterocycles. The fraction of sp³-hybridized carbons (Fsp3) is 0.714. The van der Waals surface area contributed by atoms with Crippen LogP contribution in [0.2, 0.25) is 5.02 Å². The molecule has 2 N–H and O–H groups in total. The Morgan fingerprint density at radius 3 is 2.90 bits per heavy atom. The van der Waals surface area contributed by atoms with Gasteiger partial charge in [-0.3, -0.25) is 9.48 Å². The van der Waals surface area contributed by atoms with Crippen LogP contribution in [0.1, 0.15) is 44.0 Å². The lowest BCUT2D eigenvalue weighted by Crippen LogP contribution is -2.26. The van der Waals surface area contributed by atoms with Crippen LogP contribution >= 0.6 is 11.6 Å². The normalized spacial score (nSPS) is 14.6.